The Kier molecular flexibility index (Phi) is 4.41. The van der Waals surface area contributed by atoms with Crippen molar-refractivity contribution in [3.63, 3.8) is 0 Å². The molecule has 116 valence electrons. The van der Waals surface area contributed by atoms with Gasteiger partial charge in [-0.2, -0.15) is 0 Å². The van der Waals surface area contributed by atoms with Crippen molar-refractivity contribution in [3.8, 4) is 0 Å². The van der Waals surface area contributed by atoms with E-state index in [4.69, 9.17) is 0 Å². The third-order valence-corrected chi connectivity index (χ3v) is 5.46. The van der Waals surface area contributed by atoms with Crippen LogP contribution in [0.1, 0.15) is 32.6 Å². The lowest BCUT2D eigenvalue weighted by molar-refractivity contribution is -0.143. The molecule has 2 saturated heterocycles. The summed E-state index contributed by atoms with van der Waals surface area (Å²) in [5.74, 6) is -0.286. The molecule has 20 heavy (non-hydrogen) atoms. The van der Waals surface area contributed by atoms with Gasteiger partial charge in [0.05, 0.1) is 17.8 Å². The van der Waals surface area contributed by atoms with E-state index in [9.17, 15) is 18.3 Å². The molecule has 0 aromatic carbocycles. The van der Waals surface area contributed by atoms with Crippen LogP contribution in [-0.4, -0.2) is 66.7 Å². The maximum atomic E-state index is 12.5. The quantitative estimate of drug-likeness (QED) is 0.781. The van der Waals surface area contributed by atoms with Crippen LogP contribution in [0.5, 0.6) is 0 Å². The smallest absolute Gasteiger partial charge is 0.227 e. The number of nitrogens with zero attached hydrogens (tertiary/aromatic N) is 2. The molecule has 2 rings (SSSR count). The van der Waals surface area contributed by atoms with Crippen molar-refractivity contribution in [1.29, 1.82) is 0 Å². The average molecular weight is 304 g/mol. The van der Waals surface area contributed by atoms with Gasteiger partial charge in [-0.1, -0.05) is 0 Å². The van der Waals surface area contributed by atoms with Crippen LogP contribution in [0.15, 0.2) is 0 Å². The monoisotopic (exact) mass is 304 g/mol. The number of carbonyl (C=O) groups is 1. The van der Waals surface area contributed by atoms with Gasteiger partial charge in [0.2, 0.25) is 15.9 Å². The Labute approximate surface area is 120 Å². The fourth-order valence-corrected chi connectivity index (χ4v) is 4.02. The highest BCUT2D eigenvalue weighted by Gasteiger charge is 2.36. The first-order valence-corrected chi connectivity index (χ1v) is 9.00. The molecule has 7 heteroatoms. The topological polar surface area (TPSA) is 77.9 Å². The van der Waals surface area contributed by atoms with Gasteiger partial charge in [-0.25, -0.2) is 12.7 Å². The number of amides is 1. The number of aliphatic hydroxyl groups is 1. The van der Waals surface area contributed by atoms with Gasteiger partial charge in [-0.15, -0.1) is 0 Å². The van der Waals surface area contributed by atoms with Gasteiger partial charge < -0.3 is 10.0 Å². The molecule has 2 atom stereocenters. The first kappa shape index (κ1) is 15.7. The SMILES string of the molecule is CC1(O)CCCN(C(=O)C2CCCN(S(C)(=O)=O)C2)C1. The summed E-state index contributed by atoms with van der Waals surface area (Å²) in [6.45, 7) is 3.53. The van der Waals surface area contributed by atoms with E-state index in [1.807, 2.05) is 0 Å². The van der Waals surface area contributed by atoms with E-state index in [0.29, 0.717) is 32.5 Å². The summed E-state index contributed by atoms with van der Waals surface area (Å²) in [6, 6.07) is 0. The van der Waals surface area contributed by atoms with Crippen molar-refractivity contribution in [1.82, 2.24) is 9.21 Å². The highest BCUT2D eigenvalue weighted by atomic mass is 32.2. The summed E-state index contributed by atoms with van der Waals surface area (Å²) in [7, 11) is -3.23. The van der Waals surface area contributed by atoms with Crippen molar-refractivity contribution in [2.75, 3.05) is 32.4 Å². The first-order chi connectivity index (χ1) is 9.19. The third-order valence-electron chi connectivity index (χ3n) is 4.19. The molecule has 2 heterocycles. The lowest BCUT2D eigenvalue weighted by Crippen LogP contribution is -2.53. The number of hydrogen-bond donors (Lipinski definition) is 1. The molecule has 0 radical (unpaired) electrons. The molecule has 2 unspecified atom stereocenters. The van der Waals surface area contributed by atoms with E-state index in [1.54, 1.807) is 11.8 Å². The average Bonchev–Trinajstić information content (AvgIpc) is 2.36. The van der Waals surface area contributed by atoms with Crippen LogP contribution in [0, 0.1) is 5.92 Å². The second-order valence-electron chi connectivity index (χ2n) is 6.32. The number of β-amino-alcohol motifs (C(OH)–C–C–N with tert-alkyl or cyclic N) is 1. The zero-order chi connectivity index (χ0) is 15.0. The van der Waals surface area contributed by atoms with Crippen LogP contribution >= 0.6 is 0 Å². The molecule has 1 amide bonds. The molecule has 2 aliphatic heterocycles. The van der Waals surface area contributed by atoms with Gasteiger partial charge in [0, 0.05) is 26.2 Å². The Morgan fingerprint density at radius 1 is 1.30 bits per heavy atom. The molecule has 1 N–H and O–H groups in total. The van der Waals surface area contributed by atoms with E-state index < -0.39 is 15.6 Å². The summed E-state index contributed by atoms with van der Waals surface area (Å²) >= 11 is 0. The minimum Gasteiger partial charge on any atom is -0.388 e. The number of carbonyl (C=O) groups excluding carboxylic acids is 1. The zero-order valence-electron chi connectivity index (χ0n) is 12.2. The second kappa shape index (κ2) is 5.61. The van der Waals surface area contributed by atoms with Crippen LogP contribution in [-0.2, 0) is 14.8 Å². The standard InChI is InChI=1S/C13H24N2O4S/c1-13(17)6-4-7-14(10-13)12(16)11-5-3-8-15(9-11)20(2,18)19/h11,17H,3-10H2,1-2H3. The summed E-state index contributed by atoms with van der Waals surface area (Å²) < 4.78 is 24.6. The zero-order valence-corrected chi connectivity index (χ0v) is 13.0. The largest absolute Gasteiger partial charge is 0.388 e. The lowest BCUT2D eigenvalue weighted by Gasteiger charge is -2.40. The normalized spacial score (nSPS) is 33.1. The molecule has 0 aromatic heterocycles. The van der Waals surface area contributed by atoms with Crippen molar-refractivity contribution >= 4 is 15.9 Å². The van der Waals surface area contributed by atoms with E-state index in [-0.39, 0.29) is 18.4 Å². The molecular weight excluding hydrogens is 280 g/mol. The van der Waals surface area contributed by atoms with Crippen molar-refractivity contribution in [2.45, 2.75) is 38.2 Å². The van der Waals surface area contributed by atoms with Crippen LogP contribution in [0.4, 0.5) is 0 Å². The van der Waals surface area contributed by atoms with Crippen LogP contribution in [0.2, 0.25) is 0 Å². The molecule has 0 aliphatic carbocycles. The molecule has 0 bridgehead atoms. The third kappa shape index (κ3) is 3.71. The molecule has 0 spiro atoms. The van der Waals surface area contributed by atoms with E-state index in [0.717, 1.165) is 12.8 Å². The fourth-order valence-electron chi connectivity index (χ4n) is 3.11. The minimum absolute atomic E-state index is 0.0154. The maximum Gasteiger partial charge on any atom is 0.227 e. The highest BCUT2D eigenvalue weighted by Crippen LogP contribution is 2.25. The number of likely N-dealkylation sites (tertiary alicyclic amines) is 1. The number of piperidine rings is 2. The Morgan fingerprint density at radius 2 is 2.00 bits per heavy atom. The Hall–Kier alpha value is -0.660. The Bertz CT molecular complexity index is 475. The number of hydrogen-bond acceptors (Lipinski definition) is 4. The van der Waals surface area contributed by atoms with Gasteiger partial charge >= 0.3 is 0 Å². The van der Waals surface area contributed by atoms with Gasteiger partial charge in [-0.3, -0.25) is 4.79 Å². The van der Waals surface area contributed by atoms with E-state index in [2.05, 4.69) is 0 Å². The molecule has 6 nitrogen and oxygen atoms in total. The summed E-state index contributed by atoms with van der Waals surface area (Å²) in [5, 5.41) is 10.1. The summed E-state index contributed by atoms with van der Waals surface area (Å²) in [4.78, 5) is 14.2. The van der Waals surface area contributed by atoms with Gasteiger partial charge in [0.25, 0.3) is 0 Å². The van der Waals surface area contributed by atoms with Gasteiger partial charge in [0.1, 0.15) is 0 Å². The van der Waals surface area contributed by atoms with Crippen LogP contribution in [0.3, 0.4) is 0 Å². The van der Waals surface area contributed by atoms with Gasteiger partial charge in [-0.05, 0) is 32.6 Å². The van der Waals surface area contributed by atoms with Crippen molar-refractivity contribution < 1.29 is 18.3 Å². The van der Waals surface area contributed by atoms with Crippen LogP contribution in [0.25, 0.3) is 0 Å². The van der Waals surface area contributed by atoms with E-state index >= 15 is 0 Å². The molecular formula is C13H24N2O4S. The Balaban J connectivity index is 2.02. The van der Waals surface area contributed by atoms with Crippen molar-refractivity contribution in [2.24, 2.45) is 5.92 Å². The van der Waals surface area contributed by atoms with Gasteiger partial charge in [0.15, 0.2) is 0 Å². The lowest BCUT2D eigenvalue weighted by atomic mass is 9.92. The van der Waals surface area contributed by atoms with Crippen molar-refractivity contribution in [3.05, 3.63) is 0 Å². The first-order valence-electron chi connectivity index (χ1n) is 7.15. The summed E-state index contributed by atoms with van der Waals surface area (Å²) in [6.07, 6.45) is 4.13. The summed E-state index contributed by atoms with van der Waals surface area (Å²) in [5.41, 5.74) is -0.820. The number of rotatable bonds is 2. The molecule has 2 aliphatic rings. The molecule has 2 fully saturated rings. The molecule has 0 saturated carbocycles. The Morgan fingerprint density at radius 3 is 2.60 bits per heavy atom. The van der Waals surface area contributed by atoms with Crippen LogP contribution < -0.4 is 0 Å². The minimum atomic E-state index is -3.23. The number of sulfonamides is 1. The predicted octanol–water partition coefficient (Wildman–Crippen LogP) is 0.0314. The molecule has 0 aromatic rings. The highest BCUT2D eigenvalue weighted by molar-refractivity contribution is 7.88. The predicted molar refractivity (Wildman–Crippen MR) is 75.6 cm³/mol. The fraction of sp³-hybridized carbons (Fsp3) is 0.923. The van der Waals surface area contributed by atoms with E-state index in [1.165, 1.54) is 10.6 Å². The maximum absolute atomic E-state index is 12.5. The second-order valence-corrected chi connectivity index (χ2v) is 8.30.